The second-order valence-electron chi connectivity index (χ2n) is 4.46. The Labute approximate surface area is 98.0 Å². The Morgan fingerprint density at radius 1 is 1.19 bits per heavy atom. The second-order valence-corrected chi connectivity index (χ2v) is 4.46. The van der Waals surface area contributed by atoms with Crippen LogP contribution in [0.4, 0.5) is 0 Å². The van der Waals surface area contributed by atoms with E-state index in [4.69, 9.17) is 4.79 Å². The monoisotopic (exact) mass is 228 g/mol. The quantitative estimate of drug-likeness (QED) is 0.570. The average molecular weight is 228 g/mol. The lowest BCUT2D eigenvalue weighted by atomic mass is 10.0. The maximum Gasteiger partial charge on any atom is 0.204 e. The minimum atomic E-state index is 0.250. The van der Waals surface area contributed by atoms with Crippen LogP contribution in [-0.4, -0.2) is 68.6 Å². The van der Waals surface area contributed by atoms with E-state index < -0.39 is 0 Å². The zero-order valence-electron chi connectivity index (χ0n) is 10.2. The van der Waals surface area contributed by atoms with E-state index in [-0.39, 0.29) is 6.41 Å². The highest BCUT2D eigenvalue weighted by molar-refractivity contribution is 5.42. The van der Waals surface area contributed by atoms with Gasteiger partial charge in [0.05, 0.1) is 0 Å². The maximum atomic E-state index is 8.58. The minimum Gasteiger partial charge on any atom is -0.372 e. The number of carbonyl (C=O) groups excluding carboxylic acids is 1. The summed E-state index contributed by atoms with van der Waals surface area (Å²) < 4.78 is 0. The predicted molar refractivity (Wildman–Crippen MR) is 65.2 cm³/mol. The van der Waals surface area contributed by atoms with Crippen LogP contribution in [0.25, 0.3) is 0 Å². The van der Waals surface area contributed by atoms with Crippen molar-refractivity contribution in [2.45, 2.75) is 18.9 Å². The number of likely N-dealkylation sites (tertiary alicyclic amines) is 1. The van der Waals surface area contributed by atoms with Gasteiger partial charge in [-0.1, -0.05) is 0 Å². The molecule has 16 heavy (non-hydrogen) atoms. The van der Waals surface area contributed by atoms with E-state index in [1.807, 2.05) is 0 Å². The topological polar surface area (TPSA) is 61.6 Å². The molecule has 2 saturated heterocycles. The van der Waals surface area contributed by atoms with E-state index in [1.165, 1.54) is 52.1 Å². The number of nitrogens with two attached hydrogens (primary N) is 1. The molecule has 2 aliphatic rings. The van der Waals surface area contributed by atoms with Gasteiger partial charge >= 0.3 is 0 Å². The summed E-state index contributed by atoms with van der Waals surface area (Å²) >= 11 is 0. The van der Waals surface area contributed by atoms with Gasteiger partial charge in [-0.15, -0.1) is 0 Å². The fraction of sp³-hybridized carbons (Fsp3) is 0.909. The number of hydrogen-bond donors (Lipinski definition) is 2. The first-order valence-electron chi connectivity index (χ1n) is 6.06. The summed E-state index contributed by atoms with van der Waals surface area (Å²) in [4.78, 5) is 13.7. The molecule has 1 amide bonds. The number of carbonyl (C=O) groups is 1. The normalized spacial score (nSPS) is 24.6. The summed E-state index contributed by atoms with van der Waals surface area (Å²) in [5.41, 5.74) is 4.17. The van der Waals surface area contributed by atoms with Gasteiger partial charge in [0.1, 0.15) is 0 Å². The Morgan fingerprint density at radius 3 is 2.19 bits per heavy atom. The van der Waals surface area contributed by atoms with Gasteiger partial charge < -0.3 is 16.0 Å². The number of hydrogen-bond acceptors (Lipinski definition) is 4. The van der Waals surface area contributed by atoms with E-state index >= 15 is 0 Å². The minimum absolute atomic E-state index is 0.250. The van der Waals surface area contributed by atoms with Gasteiger partial charge in [-0.25, -0.2) is 0 Å². The summed E-state index contributed by atoms with van der Waals surface area (Å²) in [5, 5.41) is 3.41. The van der Waals surface area contributed by atoms with Gasteiger partial charge in [-0.2, -0.15) is 0 Å². The first kappa shape index (κ1) is 13.4. The molecule has 0 atom stereocenters. The third kappa shape index (κ3) is 4.47. The molecule has 5 nitrogen and oxygen atoms in total. The maximum absolute atomic E-state index is 8.58. The molecular formula is C11H24N4O. The summed E-state index contributed by atoms with van der Waals surface area (Å²) in [6.07, 6.45) is 2.99. The highest BCUT2D eigenvalue weighted by Crippen LogP contribution is 2.15. The predicted octanol–water partition coefficient (Wildman–Crippen LogP) is -0.913. The summed E-state index contributed by atoms with van der Waals surface area (Å²) in [7, 11) is 2.23. The molecule has 2 fully saturated rings. The van der Waals surface area contributed by atoms with Gasteiger partial charge in [0, 0.05) is 32.2 Å². The number of primary amides is 1. The molecular weight excluding hydrogens is 204 g/mol. The van der Waals surface area contributed by atoms with E-state index in [0.717, 1.165) is 6.04 Å². The first-order valence-corrected chi connectivity index (χ1v) is 6.06. The SMILES string of the molecule is CN1CCC(N2CCNCC2)CC1.NC=O. The Bertz CT molecular complexity index is 186. The van der Waals surface area contributed by atoms with Crippen LogP contribution in [-0.2, 0) is 4.79 Å². The fourth-order valence-electron chi connectivity index (χ4n) is 2.41. The van der Waals surface area contributed by atoms with Crippen molar-refractivity contribution in [1.82, 2.24) is 15.1 Å². The molecule has 2 heterocycles. The van der Waals surface area contributed by atoms with Crippen molar-refractivity contribution in [3.8, 4) is 0 Å². The zero-order chi connectivity index (χ0) is 11.8. The molecule has 5 heteroatoms. The molecule has 2 rings (SSSR count). The fourth-order valence-corrected chi connectivity index (χ4v) is 2.41. The van der Waals surface area contributed by atoms with Crippen LogP contribution in [0.5, 0.6) is 0 Å². The molecule has 0 saturated carbocycles. The summed E-state index contributed by atoms with van der Waals surface area (Å²) in [6, 6.07) is 0.873. The number of piperidine rings is 1. The Balaban J connectivity index is 0.000000386. The van der Waals surface area contributed by atoms with E-state index in [1.54, 1.807) is 0 Å². The van der Waals surface area contributed by atoms with Crippen LogP contribution in [0, 0.1) is 0 Å². The Morgan fingerprint density at radius 2 is 1.69 bits per heavy atom. The van der Waals surface area contributed by atoms with Gasteiger partial charge in [0.15, 0.2) is 0 Å². The third-order valence-electron chi connectivity index (χ3n) is 3.36. The lowest BCUT2D eigenvalue weighted by molar-refractivity contribution is -0.106. The molecule has 0 bridgehead atoms. The number of nitrogens with one attached hydrogen (secondary N) is 1. The molecule has 94 valence electrons. The van der Waals surface area contributed by atoms with Crippen molar-refractivity contribution in [3.05, 3.63) is 0 Å². The smallest absolute Gasteiger partial charge is 0.204 e. The molecule has 0 aromatic heterocycles. The van der Waals surface area contributed by atoms with Crippen LogP contribution in [0.3, 0.4) is 0 Å². The number of amides is 1. The van der Waals surface area contributed by atoms with E-state index in [2.05, 4.69) is 27.9 Å². The molecule has 0 unspecified atom stereocenters. The molecule has 3 N–H and O–H groups in total. The highest BCUT2D eigenvalue weighted by Gasteiger charge is 2.23. The third-order valence-corrected chi connectivity index (χ3v) is 3.36. The largest absolute Gasteiger partial charge is 0.372 e. The van der Waals surface area contributed by atoms with Crippen molar-refractivity contribution in [1.29, 1.82) is 0 Å². The number of rotatable bonds is 1. The van der Waals surface area contributed by atoms with Gasteiger partial charge in [0.2, 0.25) is 6.41 Å². The second kappa shape index (κ2) is 7.60. The van der Waals surface area contributed by atoms with Crippen molar-refractivity contribution in [3.63, 3.8) is 0 Å². The van der Waals surface area contributed by atoms with Crippen molar-refractivity contribution >= 4 is 6.41 Å². The number of piperazine rings is 1. The number of nitrogens with zero attached hydrogens (tertiary/aromatic N) is 2. The molecule has 0 radical (unpaired) electrons. The van der Waals surface area contributed by atoms with Crippen LogP contribution >= 0.6 is 0 Å². The van der Waals surface area contributed by atoms with Gasteiger partial charge in [-0.05, 0) is 33.0 Å². The van der Waals surface area contributed by atoms with E-state index in [0.29, 0.717) is 0 Å². The molecule has 0 aromatic carbocycles. The highest BCUT2D eigenvalue weighted by atomic mass is 16.1. The average Bonchev–Trinajstić information content (AvgIpc) is 2.32. The molecule has 0 aliphatic carbocycles. The van der Waals surface area contributed by atoms with Gasteiger partial charge in [-0.3, -0.25) is 9.69 Å². The Hall–Kier alpha value is -0.650. The first-order chi connectivity index (χ1) is 7.77. The van der Waals surface area contributed by atoms with Crippen LogP contribution < -0.4 is 11.1 Å². The van der Waals surface area contributed by atoms with E-state index in [9.17, 15) is 0 Å². The standard InChI is InChI=1S/C10H21N3.CH3NO/c1-12-6-2-10(3-7-12)13-8-4-11-5-9-13;2-1-3/h10-11H,2-9H2,1H3;1H,(H2,2,3). The Kier molecular flexibility index (Phi) is 6.37. The van der Waals surface area contributed by atoms with Crippen molar-refractivity contribution in [2.75, 3.05) is 46.3 Å². The van der Waals surface area contributed by atoms with Crippen LogP contribution in [0.15, 0.2) is 0 Å². The molecule has 0 aromatic rings. The summed E-state index contributed by atoms with van der Waals surface area (Å²) in [6.45, 7) is 7.46. The van der Waals surface area contributed by atoms with Crippen molar-refractivity contribution in [2.24, 2.45) is 5.73 Å². The lowest BCUT2D eigenvalue weighted by Crippen LogP contribution is -2.51. The molecule has 0 spiro atoms. The lowest BCUT2D eigenvalue weighted by Gasteiger charge is -2.39. The van der Waals surface area contributed by atoms with Gasteiger partial charge in [0.25, 0.3) is 0 Å². The van der Waals surface area contributed by atoms with Crippen molar-refractivity contribution < 1.29 is 4.79 Å². The van der Waals surface area contributed by atoms with Crippen LogP contribution in [0.1, 0.15) is 12.8 Å². The summed E-state index contributed by atoms with van der Waals surface area (Å²) in [5.74, 6) is 0. The van der Waals surface area contributed by atoms with Crippen LogP contribution in [0.2, 0.25) is 0 Å². The zero-order valence-corrected chi connectivity index (χ0v) is 10.2. The molecule has 2 aliphatic heterocycles.